The van der Waals surface area contributed by atoms with E-state index < -0.39 is 0 Å². The Kier molecular flexibility index (Phi) is 6.58. The van der Waals surface area contributed by atoms with Crippen molar-refractivity contribution in [3.8, 4) is 0 Å². The fourth-order valence-electron chi connectivity index (χ4n) is 9.03. The summed E-state index contributed by atoms with van der Waals surface area (Å²) in [5.41, 5.74) is 0.785. The summed E-state index contributed by atoms with van der Waals surface area (Å²) in [6.07, 6.45) is 12.7. The van der Waals surface area contributed by atoms with Crippen LogP contribution in [0.4, 0.5) is 0 Å². The van der Waals surface area contributed by atoms with Crippen LogP contribution in [-0.2, 0) is 4.79 Å². The average Bonchev–Trinajstić information content (AvgIpc) is 3.05. The summed E-state index contributed by atoms with van der Waals surface area (Å²) in [5.74, 6) is 6.54. The first-order valence-corrected chi connectivity index (χ1v) is 13.6. The van der Waals surface area contributed by atoms with Crippen molar-refractivity contribution >= 4 is 17.5 Å². The molecule has 1 heterocycles. The van der Waals surface area contributed by atoms with E-state index in [2.05, 4.69) is 39.9 Å². The van der Waals surface area contributed by atoms with Crippen molar-refractivity contribution < 1.29 is 4.79 Å². The first-order valence-electron chi connectivity index (χ1n) is 13.1. The zero-order chi connectivity index (χ0) is 21.7. The molecule has 3 heteroatoms. The van der Waals surface area contributed by atoms with Crippen LogP contribution in [0.2, 0.25) is 0 Å². The second-order valence-electron chi connectivity index (χ2n) is 12.6. The molecule has 9 atom stereocenters. The maximum Gasteiger partial charge on any atom is 0.220 e. The molecule has 172 valence electrons. The van der Waals surface area contributed by atoms with Crippen molar-refractivity contribution in [3.63, 3.8) is 0 Å². The fraction of sp³-hybridized carbons (Fsp3) is 0.963. The SMILES string of the molecule is CC(C)CCC[C@@H](C)[C@H]1CC[C@H]2[C@@H]3[C@@H](CCl)C[C@H]4NC(=O)CC[C@]4(C)[C@H]3CC[C@]12C. The lowest BCUT2D eigenvalue weighted by Gasteiger charge is -2.62. The van der Waals surface area contributed by atoms with Crippen LogP contribution < -0.4 is 5.32 Å². The van der Waals surface area contributed by atoms with Gasteiger partial charge in [0.1, 0.15) is 0 Å². The number of nitrogens with one attached hydrogen (secondary N) is 1. The van der Waals surface area contributed by atoms with E-state index in [0.29, 0.717) is 17.4 Å². The number of rotatable bonds is 6. The number of carbonyl (C=O) groups is 1. The predicted octanol–water partition coefficient (Wildman–Crippen LogP) is 7.05. The maximum absolute atomic E-state index is 12.2. The van der Waals surface area contributed by atoms with Crippen LogP contribution in [0.25, 0.3) is 0 Å². The van der Waals surface area contributed by atoms with Gasteiger partial charge < -0.3 is 5.32 Å². The molecule has 3 aliphatic carbocycles. The second-order valence-corrected chi connectivity index (χ2v) is 12.9. The summed E-state index contributed by atoms with van der Waals surface area (Å²) >= 11 is 6.63. The van der Waals surface area contributed by atoms with E-state index in [9.17, 15) is 4.79 Å². The zero-order valence-electron chi connectivity index (χ0n) is 20.2. The van der Waals surface area contributed by atoms with Crippen LogP contribution in [0.5, 0.6) is 0 Å². The third-order valence-corrected chi connectivity index (χ3v) is 11.1. The molecule has 4 rings (SSSR count). The third kappa shape index (κ3) is 3.75. The molecular formula is C27H46ClNO. The normalized spacial score (nSPS) is 46.7. The van der Waals surface area contributed by atoms with Crippen LogP contribution >= 0.6 is 11.6 Å². The Morgan fingerprint density at radius 1 is 1.03 bits per heavy atom. The highest BCUT2D eigenvalue weighted by atomic mass is 35.5. The van der Waals surface area contributed by atoms with Gasteiger partial charge in [-0.1, -0.05) is 53.9 Å². The lowest BCUT2D eigenvalue weighted by atomic mass is 9.44. The third-order valence-electron chi connectivity index (χ3n) is 10.7. The molecule has 0 bridgehead atoms. The van der Waals surface area contributed by atoms with Crippen molar-refractivity contribution in [3.05, 3.63) is 0 Å². The van der Waals surface area contributed by atoms with Gasteiger partial charge in [0.2, 0.25) is 5.91 Å². The maximum atomic E-state index is 12.2. The highest BCUT2D eigenvalue weighted by molar-refractivity contribution is 6.18. The van der Waals surface area contributed by atoms with E-state index in [4.69, 9.17) is 11.6 Å². The van der Waals surface area contributed by atoms with Gasteiger partial charge in [-0.25, -0.2) is 0 Å². The number of alkyl halides is 1. The Balaban J connectivity index is 1.54. The molecule has 4 fully saturated rings. The van der Waals surface area contributed by atoms with Crippen LogP contribution in [0.15, 0.2) is 0 Å². The summed E-state index contributed by atoms with van der Waals surface area (Å²) in [4.78, 5) is 12.2. The van der Waals surface area contributed by atoms with Gasteiger partial charge in [-0.2, -0.15) is 0 Å². The first kappa shape index (κ1) is 22.9. The Bertz CT molecular complexity index is 634. The number of fused-ring (bicyclic) bond motifs is 5. The Morgan fingerprint density at radius 3 is 2.47 bits per heavy atom. The standard InChI is InChI=1S/C27H46ClNO/c1-17(2)7-6-8-18(3)20-9-10-21-25-19(16-28)15-23-27(5,14-12-24(30)29-23)22(25)11-13-26(20,21)4/h17-23,25H,6-16H2,1-5H3,(H,29,30)/t18-,19-,20-,21+,22+,23-,25+,26-,27-/m1/s1. The van der Waals surface area contributed by atoms with E-state index >= 15 is 0 Å². The molecule has 1 saturated heterocycles. The van der Waals surface area contributed by atoms with Crippen molar-refractivity contribution in [2.75, 3.05) is 5.88 Å². The van der Waals surface area contributed by atoms with Gasteiger partial charge in [-0.15, -0.1) is 11.6 Å². The van der Waals surface area contributed by atoms with Gasteiger partial charge in [0, 0.05) is 18.3 Å². The lowest BCUT2D eigenvalue weighted by Crippen LogP contribution is -2.63. The van der Waals surface area contributed by atoms with Gasteiger partial charge in [0.05, 0.1) is 0 Å². The number of hydrogen-bond acceptors (Lipinski definition) is 1. The first-order chi connectivity index (χ1) is 14.2. The van der Waals surface area contributed by atoms with Crippen LogP contribution in [0.1, 0.15) is 98.8 Å². The van der Waals surface area contributed by atoms with Crippen LogP contribution in [0, 0.1) is 52.3 Å². The van der Waals surface area contributed by atoms with Crippen molar-refractivity contribution in [1.82, 2.24) is 5.32 Å². The molecule has 4 aliphatic rings. The summed E-state index contributed by atoms with van der Waals surface area (Å²) in [7, 11) is 0. The molecule has 30 heavy (non-hydrogen) atoms. The molecule has 0 unspecified atom stereocenters. The van der Waals surface area contributed by atoms with Crippen molar-refractivity contribution in [2.24, 2.45) is 52.3 Å². The van der Waals surface area contributed by atoms with Crippen LogP contribution in [0.3, 0.4) is 0 Å². The molecule has 1 aliphatic heterocycles. The zero-order valence-corrected chi connectivity index (χ0v) is 20.9. The number of halogens is 1. The number of carbonyl (C=O) groups excluding carboxylic acids is 1. The van der Waals surface area contributed by atoms with E-state index in [0.717, 1.165) is 60.6 Å². The van der Waals surface area contributed by atoms with Gasteiger partial charge in [-0.3, -0.25) is 4.79 Å². The minimum atomic E-state index is 0.265. The largest absolute Gasteiger partial charge is 0.353 e. The van der Waals surface area contributed by atoms with E-state index in [-0.39, 0.29) is 11.3 Å². The van der Waals surface area contributed by atoms with Crippen LogP contribution in [-0.4, -0.2) is 17.8 Å². The minimum Gasteiger partial charge on any atom is -0.353 e. The molecule has 0 spiro atoms. The smallest absolute Gasteiger partial charge is 0.220 e. The molecule has 0 aromatic carbocycles. The lowest BCUT2D eigenvalue weighted by molar-refractivity contribution is -0.144. The number of amides is 1. The van der Waals surface area contributed by atoms with E-state index in [1.807, 2.05) is 0 Å². The highest BCUT2D eigenvalue weighted by Gasteiger charge is 2.62. The molecule has 3 saturated carbocycles. The predicted molar refractivity (Wildman–Crippen MR) is 126 cm³/mol. The van der Waals surface area contributed by atoms with E-state index in [1.54, 1.807) is 0 Å². The quantitative estimate of drug-likeness (QED) is 0.445. The monoisotopic (exact) mass is 435 g/mol. The van der Waals surface area contributed by atoms with Gasteiger partial charge in [0.25, 0.3) is 0 Å². The van der Waals surface area contributed by atoms with Crippen molar-refractivity contribution in [2.45, 2.75) is 105 Å². The van der Waals surface area contributed by atoms with Gasteiger partial charge >= 0.3 is 0 Å². The van der Waals surface area contributed by atoms with Gasteiger partial charge in [-0.05, 0) is 90.8 Å². The number of hydrogen-bond donors (Lipinski definition) is 1. The fourth-order valence-corrected chi connectivity index (χ4v) is 9.36. The Morgan fingerprint density at radius 2 is 1.77 bits per heavy atom. The molecule has 2 nitrogen and oxygen atoms in total. The molecule has 0 aromatic rings. The summed E-state index contributed by atoms with van der Waals surface area (Å²) in [6.45, 7) is 12.4. The van der Waals surface area contributed by atoms with Gasteiger partial charge in [0.15, 0.2) is 0 Å². The Labute approximate surface area is 190 Å². The molecule has 1 amide bonds. The summed E-state index contributed by atoms with van der Waals surface area (Å²) in [5, 5.41) is 3.39. The second kappa shape index (κ2) is 8.60. The number of piperidine rings is 1. The highest BCUT2D eigenvalue weighted by Crippen LogP contribution is 2.67. The molecule has 0 aromatic heterocycles. The Hall–Kier alpha value is -0.240. The summed E-state index contributed by atoms with van der Waals surface area (Å²) in [6, 6.07) is 0.347. The van der Waals surface area contributed by atoms with E-state index in [1.165, 1.54) is 44.9 Å². The molecule has 0 radical (unpaired) electrons. The average molecular weight is 436 g/mol. The van der Waals surface area contributed by atoms with Crippen molar-refractivity contribution in [1.29, 1.82) is 0 Å². The molecule has 1 N–H and O–H groups in total. The minimum absolute atomic E-state index is 0.265. The summed E-state index contributed by atoms with van der Waals surface area (Å²) < 4.78 is 0. The molecular weight excluding hydrogens is 390 g/mol. The topological polar surface area (TPSA) is 29.1 Å².